The van der Waals surface area contributed by atoms with Crippen LogP contribution in [0.2, 0.25) is 0 Å². The fourth-order valence-electron chi connectivity index (χ4n) is 0.825. The van der Waals surface area contributed by atoms with Crippen LogP contribution in [-0.2, 0) is 0 Å². The molecule has 0 aromatic heterocycles. The summed E-state index contributed by atoms with van der Waals surface area (Å²) in [5, 5.41) is 0. The quantitative estimate of drug-likeness (QED) is 0.684. The first kappa shape index (κ1) is 8.81. The molecule has 0 aliphatic heterocycles. The smallest absolute Gasteiger partial charge is 0.119 e. The van der Waals surface area contributed by atoms with Gasteiger partial charge in [-0.3, -0.25) is 0 Å². The molecule has 64 valence electrons. The van der Waals surface area contributed by atoms with E-state index < -0.39 is 0 Å². The van der Waals surface area contributed by atoms with E-state index >= 15 is 0 Å². The summed E-state index contributed by atoms with van der Waals surface area (Å²) in [5.41, 5.74) is 5.27. The van der Waals surface area contributed by atoms with Gasteiger partial charge in [0.1, 0.15) is 12.4 Å². The van der Waals surface area contributed by atoms with Gasteiger partial charge in [-0.2, -0.15) is 0 Å². The lowest BCUT2D eigenvalue weighted by molar-refractivity contribution is 0.362. The molecule has 1 rings (SSSR count). The van der Waals surface area contributed by atoms with Gasteiger partial charge in [-0.1, -0.05) is 30.4 Å². The SMILES string of the molecule is NCC=CCOc1ccccc1. The molecule has 0 spiro atoms. The van der Waals surface area contributed by atoms with Gasteiger partial charge >= 0.3 is 0 Å². The van der Waals surface area contributed by atoms with Gasteiger partial charge in [-0.25, -0.2) is 0 Å². The van der Waals surface area contributed by atoms with E-state index in [-0.39, 0.29) is 0 Å². The Morgan fingerprint density at radius 3 is 2.58 bits per heavy atom. The number of nitrogens with two attached hydrogens (primary N) is 1. The Bertz CT molecular complexity index is 231. The monoisotopic (exact) mass is 163 g/mol. The van der Waals surface area contributed by atoms with Crippen LogP contribution in [-0.4, -0.2) is 13.2 Å². The second-order valence-electron chi connectivity index (χ2n) is 2.33. The number of rotatable bonds is 4. The fraction of sp³-hybridized carbons (Fsp3) is 0.200. The molecule has 12 heavy (non-hydrogen) atoms. The van der Waals surface area contributed by atoms with E-state index in [1.165, 1.54) is 0 Å². The maximum absolute atomic E-state index is 5.37. The van der Waals surface area contributed by atoms with Crippen LogP contribution in [0.4, 0.5) is 0 Å². The highest BCUT2D eigenvalue weighted by Gasteiger charge is 1.85. The van der Waals surface area contributed by atoms with Crippen molar-refractivity contribution in [3.8, 4) is 5.75 Å². The second kappa shape index (κ2) is 5.38. The van der Waals surface area contributed by atoms with Crippen LogP contribution < -0.4 is 10.5 Å². The summed E-state index contributed by atoms with van der Waals surface area (Å²) in [5.74, 6) is 0.888. The average molecular weight is 163 g/mol. The van der Waals surface area contributed by atoms with Gasteiger partial charge in [0.05, 0.1) is 0 Å². The van der Waals surface area contributed by atoms with Gasteiger partial charge in [0.25, 0.3) is 0 Å². The van der Waals surface area contributed by atoms with Crippen molar-refractivity contribution in [1.82, 2.24) is 0 Å². The van der Waals surface area contributed by atoms with Crippen LogP contribution in [0, 0.1) is 0 Å². The minimum absolute atomic E-state index is 0.568. The van der Waals surface area contributed by atoms with Crippen molar-refractivity contribution in [1.29, 1.82) is 0 Å². The minimum atomic E-state index is 0.568. The highest BCUT2D eigenvalue weighted by Crippen LogP contribution is 2.07. The summed E-state index contributed by atoms with van der Waals surface area (Å²) in [6, 6.07) is 9.71. The van der Waals surface area contributed by atoms with Crippen LogP contribution in [0.15, 0.2) is 42.5 Å². The second-order valence-corrected chi connectivity index (χ2v) is 2.33. The standard InChI is InChI=1S/C10H13NO/c11-8-4-5-9-12-10-6-2-1-3-7-10/h1-7H,8-9,11H2. The summed E-state index contributed by atoms with van der Waals surface area (Å²) in [4.78, 5) is 0. The van der Waals surface area contributed by atoms with Crippen molar-refractivity contribution in [3.05, 3.63) is 42.5 Å². The van der Waals surface area contributed by atoms with Gasteiger partial charge < -0.3 is 10.5 Å². The van der Waals surface area contributed by atoms with Crippen molar-refractivity contribution in [2.24, 2.45) is 5.73 Å². The predicted molar refractivity (Wildman–Crippen MR) is 50.1 cm³/mol. The third-order valence-corrected chi connectivity index (χ3v) is 1.39. The van der Waals surface area contributed by atoms with Crippen molar-refractivity contribution >= 4 is 0 Å². The van der Waals surface area contributed by atoms with E-state index in [1.807, 2.05) is 42.5 Å². The van der Waals surface area contributed by atoms with Crippen LogP contribution in [0.5, 0.6) is 5.75 Å². The molecule has 2 heteroatoms. The lowest BCUT2D eigenvalue weighted by Gasteiger charge is -2.00. The number of ether oxygens (including phenoxy) is 1. The zero-order valence-corrected chi connectivity index (χ0v) is 6.94. The molecule has 0 saturated carbocycles. The van der Waals surface area contributed by atoms with Crippen molar-refractivity contribution in [2.75, 3.05) is 13.2 Å². The zero-order chi connectivity index (χ0) is 8.65. The van der Waals surface area contributed by atoms with Crippen LogP contribution in [0.25, 0.3) is 0 Å². The van der Waals surface area contributed by atoms with E-state index in [2.05, 4.69) is 0 Å². The summed E-state index contributed by atoms with van der Waals surface area (Å²) >= 11 is 0. The summed E-state index contributed by atoms with van der Waals surface area (Å²) in [7, 11) is 0. The molecular formula is C10H13NO. The average Bonchev–Trinajstić information content (AvgIpc) is 2.14. The maximum Gasteiger partial charge on any atom is 0.119 e. The normalized spacial score (nSPS) is 10.4. The molecule has 2 nitrogen and oxygen atoms in total. The lowest BCUT2D eigenvalue weighted by atomic mass is 10.3. The Hall–Kier alpha value is -1.28. The van der Waals surface area contributed by atoms with Gasteiger partial charge in [-0.15, -0.1) is 0 Å². The molecular weight excluding hydrogens is 150 g/mol. The zero-order valence-electron chi connectivity index (χ0n) is 6.94. The highest BCUT2D eigenvalue weighted by molar-refractivity contribution is 5.21. The van der Waals surface area contributed by atoms with Crippen molar-refractivity contribution in [3.63, 3.8) is 0 Å². The molecule has 0 amide bonds. The molecule has 0 atom stereocenters. The highest BCUT2D eigenvalue weighted by atomic mass is 16.5. The molecule has 0 bridgehead atoms. The summed E-state index contributed by atoms with van der Waals surface area (Å²) < 4.78 is 5.37. The summed E-state index contributed by atoms with van der Waals surface area (Å²) in [6.45, 7) is 1.15. The van der Waals surface area contributed by atoms with E-state index in [9.17, 15) is 0 Å². The molecule has 1 aromatic carbocycles. The molecule has 0 fully saturated rings. The minimum Gasteiger partial charge on any atom is -0.490 e. The molecule has 0 saturated heterocycles. The van der Waals surface area contributed by atoms with E-state index in [0.717, 1.165) is 5.75 Å². The number of para-hydroxylation sites is 1. The largest absolute Gasteiger partial charge is 0.490 e. The summed E-state index contributed by atoms with van der Waals surface area (Å²) in [6.07, 6.45) is 3.79. The Kier molecular flexibility index (Phi) is 3.95. The van der Waals surface area contributed by atoms with Crippen molar-refractivity contribution < 1.29 is 4.74 Å². The Morgan fingerprint density at radius 2 is 1.92 bits per heavy atom. The number of hydrogen-bond donors (Lipinski definition) is 1. The Labute approximate surface area is 72.7 Å². The third kappa shape index (κ3) is 3.21. The van der Waals surface area contributed by atoms with Gasteiger partial charge in [0, 0.05) is 6.54 Å². The molecule has 2 N–H and O–H groups in total. The Morgan fingerprint density at radius 1 is 1.17 bits per heavy atom. The molecule has 0 aliphatic carbocycles. The van der Waals surface area contributed by atoms with Crippen molar-refractivity contribution in [2.45, 2.75) is 0 Å². The third-order valence-electron chi connectivity index (χ3n) is 1.39. The van der Waals surface area contributed by atoms with Gasteiger partial charge in [-0.05, 0) is 12.1 Å². The molecule has 0 radical (unpaired) electrons. The fourth-order valence-corrected chi connectivity index (χ4v) is 0.825. The first-order valence-corrected chi connectivity index (χ1v) is 3.96. The van der Waals surface area contributed by atoms with Gasteiger partial charge in [0.15, 0.2) is 0 Å². The number of hydrogen-bond acceptors (Lipinski definition) is 2. The molecule has 0 heterocycles. The first-order chi connectivity index (χ1) is 5.93. The number of benzene rings is 1. The maximum atomic E-state index is 5.37. The van der Waals surface area contributed by atoms with E-state index in [0.29, 0.717) is 13.2 Å². The Balaban J connectivity index is 2.29. The van der Waals surface area contributed by atoms with E-state index in [4.69, 9.17) is 10.5 Å². The lowest BCUT2D eigenvalue weighted by Crippen LogP contribution is -1.96. The topological polar surface area (TPSA) is 35.2 Å². The first-order valence-electron chi connectivity index (χ1n) is 3.96. The van der Waals surface area contributed by atoms with Crippen LogP contribution in [0.1, 0.15) is 0 Å². The predicted octanol–water partition coefficient (Wildman–Crippen LogP) is 1.58. The van der Waals surface area contributed by atoms with Crippen LogP contribution >= 0.6 is 0 Å². The molecule has 0 unspecified atom stereocenters. The van der Waals surface area contributed by atoms with E-state index in [1.54, 1.807) is 0 Å². The molecule has 0 aliphatic rings. The molecule has 1 aromatic rings. The van der Waals surface area contributed by atoms with Crippen LogP contribution in [0.3, 0.4) is 0 Å². The van der Waals surface area contributed by atoms with Gasteiger partial charge in [0.2, 0.25) is 0 Å².